The summed E-state index contributed by atoms with van der Waals surface area (Å²) in [5, 5.41) is 22.5. The molecule has 1 aromatic rings. The molecule has 0 saturated heterocycles. The first kappa shape index (κ1) is 13.0. The predicted molar refractivity (Wildman–Crippen MR) is 67.3 cm³/mol. The molecule has 2 rings (SSSR count). The van der Waals surface area contributed by atoms with Crippen molar-refractivity contribution in [2.75, 3.05) is 0 Å². The van der Waals surface area contributed by atoms with Gasteiger partial charge in [-0.25, -0.2) is 0 Å². The fraction of sp³-hybridized carbons (Fsp3) is 0.364. The number of hydrogen-bond acceptors (Lipinski definition) is 4. The lowest BCUT2D eigenvalue weighted by atomic mass is 9.89. The highest BCUT2D eigenvalue weighted by Crippen LogP contribution is 2.23. The van der Waals surface area contributed by atoms with Crippen LogP contribution in [0.5, 0.6) is 0 Å². The van der Waals surface area contributed by atoms with Crippen molar-refractivity contribution in [1.29, 1.82) is 0 Å². The molecule has 1 aliphatic carbocycles. The Morgan fingerprint density at radius 2 is 2.11 bits per heavy atom. The lowest BCUT2D eigenvalue weighted by Gasteiger charge is -2.31. The van der Waals surface area contributed by atoms with Crippen molar-refractivity contribution in [3.05, 3.63) is 38.3 Å². The van der Waals surface area contributed by atoms with E-state index < -0.39 is 4.92 Å². The fourth-order valence-electron chi connectivity index (χ4n) is 1.79. The van der Waals surface area contributed by atoms with Crippen molar-refractivity contribution >= 4 is 27.5 Å². The molecule has 1 amide bonds. The molecule has 0 aliphatic heterocycles. The number of nitrogens with one attached hydrogen (secondary N) is 1. The second kappa shape index (κ2) is 5.03. The number of rotatable bonds is 3. The van der Waals surface area contributed by atoms with Crippen molar-refractivity contribution in [3.63, 3.8) is 0 Å². The van der Waals surface area contributed by atoms with E-state index in [4.69, 9.17) is 5.11 Å². The smallest absolute Gasteiger partial charge is 0.271 e. The molecular weight excluding hydrogens is 304 g/mol. The van der Waals surface area contributed by atoms with E-state index in [1.165, 1.54) is 18.2 Å². The highest BCUT2D eigenvalue weighted by Gasteiger charge is 2.29. The van der Waals surface area contributed by atoms with Crippen LogP contribution in [0.1, 0.15) is 23.2 Å². The summed E-state index contributed by atoms with van der Waals surface area (Å²) in [6.45, 7) is 0. The Balaban J connectivity index is 2.12. The van der Waals surface area contributed by atoms with Crippen LogP contribution < -0.4 is 5.32 Å². The number of amides is 1. The molecule has 0 spiro atoms. The predicted octanol–water partition coefficient (Wildman–Crippen LogP) is 1.61. The number of halogens is 1. The quantitative estimate of drug-likeness (QED) is 0.655. The number of nitro benzene ring substituents is 1. The second-order valence-electron chi connectivity index (χ2n) is 4.25. The SMILES string of the molecule is O=C(NC1CC(O)C1)c1cc(Br)cc([N+](=O)[O-])c1. The minimum absolute atomic E-state index is 0.0504. The van der Waals surface area contributed by atoms with E-state index >= 15 is 0 Å². The molecule has 96 valence electrons. The number of carbonyl (C=O) groups excluding carboxylic acids is 1. The summed E-state index contributed by atoms with van der Waals surface area (Å²) in [6, 6.07) is 4.04. The van der Waals surface area contributed by atoms with Gasteiger partial charge in [0.15, 0.2) is 0 Å². The van der Waals surface area contributed by atoms with Crippen LogP contribution in [0.25, 0.3) is 0 Å². The molecular formula is C11H11BrN2O4. The minimum Gasteiger partial charge on any atom is -0.393 e. The van der Waals surface area contributed by atoms with E-state index in [1.54, 1.807) is 0 Å². The van der Waals surface area contributed by atoms with Gasteiger partial charge in [0.1, 0.15) is 0 Å². The Labute approximate surface area is 111 Å². The van der Waals surface area contributed by atoms with Gasteiger partial charge in [-0.3, -0.25) is 14.9 Å². The Kier molecular flexibility index (Phi) is 3.63. The minimum atomic E-state index is -0.547. The highest BCUT2D eigenvalue weighted by molar-refractivity contribution is 9.10. The summed E-state index contributed by atoms with van der Waals surface area (Å²) < 4.78 is 0.482. The molecule has 0 radical (unpaired) electrons. The van der Waals surface area contributed by atoms with Gasteiger partial charge in [0.25, 0.3) is 11.6 Å². The zero-order valence-corrected chi connectivity index (χ0v) is 10.9. The Hall–Kier alpha value is -1.47. The van der Waals surface area contributed by atoms with Crippen molar-refractivity contribution in [1.82, 2.24) is 5.32 Å². The van der Waals surface area contributed by atoms with Gasteiger partial charge in [-0.1, -0.05) is 15.9 Å². The van der Waals surface area contributed by atoms with Crippen LogP contribution in [-0.4, -0.2) is 28.1 Å². The molecule has 2 N–H and O–H groups in total. The van der Waals surface area contributed by atoms with Gasteiger partial charge in [0.2, 0.25) is 0 Å². The van der Waals surface area contributed by atoms with Gasteiger partial charge in [0.05, 0.1) is 11.0 Å². The highest BCUT2D eigenvalue weighted by atomic mass is 79.9. The maximum atomic E-state index is 11.8. The van der Waals surface area contributed by atoms with E-state index in [9.17, 15) is 14.9 Å². The zero-order valence-electron chi connectivity index (χ0n) is 9.30. The van der Waals surface area contributed by atoms with Crippen molar-refractivity contribution in [2.24, 2.45) is 0 Å². The molecule has 0 heterocycles. The van der Waals surface area contributed by atoms with Crippen LogP contribution in [0.3, 0.4) is 0 Å². The third-order valence-electron chi connectivity index (χ3n) is 2.80. The van der Waals surface area contributed by atoms with Crippen LogP contribution in [0.15, 0.2) is 22.7 Å². The van der Waals surface area contributed by atoms with Crippen molar-refractivity contribution in [2.45, 2.75) is 25.0 Å². The lowest BCUT2D eigenvalue weighted by molar-refractivity contribution is -0.385. The normalized spacial score (nSPS) is 22.1. The molecule has 0 bridgehead atoms. The number of hydrogen-bond donors (Lipinski definition) is 2. The summed E-state index contributed by atoms with van der Waals surface area (Å²) >= 11 is 3.13. The maximum absolute atomic E-state index is 11.8. The van der Waals surface area contributed by atoms with Gasteiger partial charge in [-0.05, 0) is 18.9 Å². The van der Waals surface area contributed by atoms with Gasteiger partial charge < -0.3 is 10.4 Å². The number of nitrogens with zero attached hydrogens (tertiary/aromatic N) is 1. The first-order valence-corrected chi connectivity index (χ1v) is 6.19. The van der Waals surface area contributed by atoms with Gasteiger partial charge in [-0.15, -0.1) is 0 Å². The molecule has 0 atom stereocenters. The molecule has 6 nitrogen and oxygen atoms in total. The summed E-state index contributed by atoms with van der Waals surface area (Å²) in [4.78, 5) is 22.0. The van der Waals surface area contributed by atoms with Crippen LogP contribution in [0.2, 0.25) is 0 Å². The first-order valence-electron chi connectivity index (χ1n) is 5.39. The summed E-state index contributed by atoms with van der Waals surface area (Å²) in [7, 11) is 0. The number of non-ortho nitro benzene ring substituents is 1. The molecule has 0 unspecified atom stereocenters. The number of nitro groups is 1. The largest absolute Gasteiger partial charge is 0.393 e. The Morgan fingerprint density at radius 3 is 2.67 bits per heavy atom. The summed E-state index contributed by atoms with van der Waals surface area (Å²) in [5.74, 6) is -0.365. The topological polar surface area (TPSA) is 92.5 Å². The fourth-order valence-corrected chi connectivity index (χ4v) is 2.27. The summed E-state index contributed by atoms with van der Waals surface area (Å²) in [6.07, 6.45) is 0.705. The monoisotopic (exact) mass is 314 g/mol. The van der Waals surface area contributed by atoms with Crippen LogP contribution in [0.4, 0.5) is 5.69 Å². The number of aliphatic hydroxyl groups excluding tert-OH is 1. The maximum Gasteiger partial charge on any atom is 0.271 e. The molecule has 1 aliphatic rings. The average molecular weight is 315 g/mol. The third kappa shape index (κ3) is 2.85. The van der Waals surface area contributed by atoms with Crippen molar-refractivity contribution < 1.29 is 14.8 Å². The Bertz CT molecular complexity index is 500. The third-order valence-corrected chi connectivity index (χ3v) is 3.26. The van der Waals surface area contributed by atoms with E-state index in [0.717, 1.165) is 0 Å². The average Bonchev–Trinajstić information content (AvgIpc) is 2.26. The van der Waals surface area contributed by atoms with Gasteiger partial charge >= 0.3 is 0 Å². The van der Waals surface area contributed by atoms with Gasteiger partial charge in [-0.2, -0.15) is 0 Å². The lowest BCUT2D eigenvalue weighted by Crippen LogP contribution is -2.46. The molecule has 1 saturated carbocycles. The molecule has 0 aromatic heterocycles. The molecule has 1 fully saturated rings. The van der Waals surface area contributed by atoms with Crippen LogP contribution in [-0.2, 0) is 0 Å². The van der Waals surface area contributed by atoms with E-state index in [0.29, 0.717) is 17.3 Å². The molecule has 18 heavy (non-hydrogen) atoms. The van der Waals surface area contributed by atoms with E-state index in [2.05, 4.69) is 21.2 Å². The van der Waals surface area contributed by atoms with Crippen LogP contribution >= 0.6 is 15.9 Å². The number of aliphatic hydroxyl groups is 1. The van der Waals surface area contributed by atoms with Crippen molar-refractivity contribution in [3.8, 4) is 0 Å². The number of carbonyl (C=O) groups is 1. The molecule has 1 aromatic carbocycles. The number of benzene rings is 1. The van der Waals surface area contributed by atoms with E-state index in [-0.39, 0.29) is 29.3 Å². The standard InChI is InChI=1S/C11H11BrN2O4/c12-7-1-6(2-9(3-7)14(17)18)11(16)13-8-4-10(15)5-8/h1-3,8,10,15H,4-5H2,(H,13,16). The molecule has 7 heteroatoms. The second-order valence-corrected chi connectivity index (χ2v) is 5.17. The van der Waals surface area contributed by atoms with Crippen LogP contribution in [0, 0.1) is 10.1 Å². The van der Waals surface area contributed by atoms with E-state index in [1.807, 2.05) is 0 Å². The zero-order chi connectivity index (χ0) is 13.3. The first-order chi connectivity index (χ1) is 8.45. The van der Waals surface area contributed by atoms with Gasteiger partial charge in [0, 0.05) is 28.2 Å². The summed E-state index contributed by atoms with van der Waals surface area (Å²) in [5.41, 5.74) is 0.0978. The Morgan fingerprint density at radius 1 is 1.44 bits per heavy atom.